The first-order valence-corrected chi connectivity index (χ1v) is 12.0. The molecule has 2 atom stereocenters. The summed E-state index contributed by atoms with van der Waals surface area (Å²) in [7, 11) is 1.69. The summed E-state index contributed by atoms with van der Waals surface area (Å²) in [6, 6.07) is 8.16. The molecule has 1 N–H and O–H groups in total. The molecule has 0 radical (unpaired) electrons. The number of hydrogen-bond donors (Lipinski definition) is 1. The van der Waals surface area contributed by atoms with Gasteiger partial charge in [-0.05, 0) is 92.7 Å². The molecule has 4 rings (SSSR count). The highest BCUT2D eigenvalue weighted by molar-refractivity contribution is 5.83. The highest BCUT2D eigenvalue weighted by Crippen LogP contribution is 2.33. The Morgan fingerprint density at radius 1 is 1.19 bits per heavy atom. The fourth-order valence-electron chi connectivity index (χ4n) is 5.80. The van der Waals surface area contributed by atoms with Crippen LogP contribution in [0.3, 0.4) is 0 Å². The number of carboxylic acid groups (broad SMARTS) is 1. The first-order valence-electron chi connectivity index (χ1n) is 12.0. The predicted molar refractivity (Wildman–Crippen MR) is 123 cm³/mol. The molecule has 1 saturated carbocycles. The van der Waals surface area contributed by atoms with E-state index in [-0.39, 0.29) is 5.92 Å². The van der Waals surface area contributed by atoms with Crippen molar-refractivity contribution in [3.05, 3.63) is 36.0 Å². The molecule has 1 aromatic heterocycles. The van der Waals surface area contributed by atoms with Crippen LogP contribution >= 0.6 is 0 Å². The van der Waals surface area contributed by atoms with Gasteiger partial charge in [0.15, 0.2) is 0 Å². The third kappa shape index (κ3) is 5.76. The topological polar surface area (TPSA) is 62.7 Å². The molecule has 31 heavy (non-hydrogen) atoms. The number of nitrogens with zero attached hydrogens (tertiary/aromatic N) is 2. The summed E-state index contributed by atoms with van der Waals surface area (Å²) in [6.45, 7) is 3.27. The van der Waals surface area contributed by atoms with Crippen molar-refractivity contribution in [2.24, 2.45) is 17.8 Å². The zero-order chi connectivity index (χ0) is 21.6. The molecule has 0 bridgehead atoms. The number of hydrogen-bond acceptors (Lipinski definition) is 4. The number of aromatic nitrogens is 1. The maximum atomic E-state index is 11.5. The van der Waals surface area contributed by atoms with E-state index < -0.39 is 5.97 Å². The van der Waals surface area contributed by atoms with Gasteiger partial charge in [0.05, 0.1) is 12.6 Å². The van der Waals surface area contributed by atoms with Gasteiger partial charge in [0.1, 0.15) is 5.75 Å². The van der Waals surface area contributed by atoms with Crippen LogP contribution < -0.4 is 4.74 Å². The number of methoxy groups -OCH3 is 1. The van der Waals surface area contributed by atoms with Crippen LogP contribution in [0.2, 0.25) is 0 Å². The fraction of sp³-hybridized carbons (Fsp3) is 0.615. The van der Waals surface area contributed by atoms with E-state index in [1.807, 2.05) is 18.3 Å². The number of benzene rings is 1. The lowest BCUT2D eigenvalue weighted by Crippen LogP contribution is -2.43. The molecule has 1 aromatic carbocycles. The molecule has 1 aliphatic carbocycles. The summed E-state index contributed by atoms with van der Waals surface area (Å²) in [5, 5.41) is 10.7. The second-order valence-electron chi connectivity index (χ2n) is 9.56. The van der Waals surface area contributed by atoms with E-state index in [2.05, 4.69) is 22.0 Å². The number of aryl methyl sites for hydroxylation is 1. The van der Waals surface area contributed by atoms with Gasteiger partial charge in [-0.25, -0.2) is 0 Å². The maximum absolute atomic E-state index is 11.5. The van der Waals surface area contributed by atoms with Crippen molar-refractivity contribution in [1.82, 2.24) is 9.88 Å². The number of ether oxygens (including phenoxy) is 1. The number of fused-ring (bicyclic) bond motifs is 1. The van der Waals surface area contributed by atoms with E-state index in [9.17, 15) is 9.90 Å². The SMILES string of the molecule is COc1ccc2nccc(CCC[C@@H]3CCN(CC4CCCC4)C[C@@H]3CC(=O)O)c2c1. The van der Waals surface area contributed by atoms with Crippen LogP contribution in [0.4, 0.5) is 0 Å². The molecule has 168 valence electrons. The molecule has 0 spiro atoms. The van der Waals surface area contributed by atoms with Gasteiger partial charge >= 0.3 is 5.97 Å². The lowest BCUT2D eigenvalue weighted by Gasteiger charge is -2.39. The number of carboxylic acids is 1. The predicted octanol–water partition coefficient (Wildman–Crippen LogP) is 5.17. The van der Waals surface area contributed by atoms with Gasteiger partial charge in [-0.2, -0.15) is 0 Å². The summed E-state index contributed by atoms with van der Waals surface area (Å²) in [6.07, 6.45) is 12.0. The lowest BCUT2D eigenvalue weighted by molar-refractivity contribution is -0.139. The molecule has 2 aromatic rings. The molecule has 5 heteroatoms. The highest BCUT2D eigenvalue weighted by atomic mass is 16.5. The molecule has 2 aliphatic rings. The minimum Gasteiger partial charge on any atom is -0.497 e. The second kappa shape index (κ2) is 10.4. The minimum atomic E-state index is -0.648. The first-order chi connectivity index (χ1) is 15.1. The number of carbonyl (C=O) groups is 1. The molecular weight excluding hydrogens is 388 g/mol. The van der Waals surface area contributed by atoms with Gasteiger partial charge in [0.25, 0.3) is 0 Å². The van der Waals surface area contributed by atoms with Gasteiger partial charge in [-0.3, -0.25) is 9.78 Å². The van der Waals surface area contributed by atoms with E-state index in [0.29, 0.717) is 12.3 Å². The Bertz CT molecular complexity index is 878. The largest absolute Gasteiger partial charge is 0.497 e. The van der Waals surface area contributed by atoms with Crippen LogP contribution in [-0.4, -0.2) is 47.7 Å². The number of piperidine rings is 1. The van der Waals surface area contributed by atoms with Crippen LogP contribution in [0.1, 0.15) is 56.9 Å². The summed E-state index contributed by atoms with van der Waals surface area (Å²) in [5.41, 5.74) is 2.31. The summed E-state index contributed by atoms with van der Waals surface area (Å²) >= 11 is 0. The molecule has 0 amide bonds. The quantitative estimate of drug-likeness (QED) is 0.602. The summed E-state index contributed by atoms with van der Waals surface area (Å²) in [4.78, 5) is 18.6. The third-order valence-corrected chi connectivity index (χ3v) is 7.46. The zero-order valence-electron chi connectivity index (χ0n) is 18.8. The van der Waals surface area contributed by atoms with Crippen molar-refractivity contribution in [3.8, 4) is 5.75 Å². The van der Waals surface area contributed by atoms with Gasteiger partial charge in [0.2, 0.25) is 0 Å². The summed E-state index contributed by atoms with van der Waals surface area (Å²) < 4.78 is 5.40. The van der Waals surface area contributed by atoms with Gasteiger partial charge in [-0.15, -0.1) is 0 Å². The van der Waals surface area contributed by atoms with Crippen LogP contribution in [0.5, 0.6) is 5.75 Å². The van der Waals surface area contributed by atoms with Crippen molar-refractivity contribution in [1.29, 1.82) is 0 Å². The average Bonchev–Trinajstić information content (AvgIpc) is 3.27. The van der Waals surface area contributed by atoms with Crippen molar-refractivity contribution in [2.75, 3.05) is 26.7 Å². The molecular formula is C26H36N2O3. The minimum absolute atomic E-state index is 0.280. The van der Waals surface area contributed by atoms with Crippen molar-refractivity contribution >= 4 is 16.9 Å². The Balaban J connectivity index is 1.35. The number of aliphatic carboxylic acids is 1. The monoisotopic (exact) mass is 424 g/mol. The van der Waals surface area contributed by atoms with Crippen molar-refractivity contribution < 1.29 is 14.6 Å². The van der Waals surface area contributed by atoms with Crippen LogP contribution in [-0.2, 0) is 11.2 Å². The Labute approximate surface area is 185 Å². The van der Waals surface area contributed by atoms with Crippen LogP contribution in [0, 0.1) is 17.8 Å². The summed E-state index contributed by atoms with van der Waals surface area (Å²) in [5.74, 6) is 1.84. The number of likely N-dealkylation sites (tertiary alicyclic amines) is 1. The smallest absolute Gasteiger partial charge is 0.303 e. The van der Waals surface area contributed by atoms with Crippen molar-refractivity contribution in [2.45, 2.75) is 57.8 Å². The molecule has 1 aliphatic heterocycles. The Morgan fingerprint density at radius 3 is 2.81 bits per heavy atom. The fourth-order valence-corrected chi connectivity index (χ4v) is 5.80. The maximum Gasteiger partial charge on any atom is 0.303 e. The van der Waals surface area contributed by atoms with E-state index >= 15 is 0 Å². The number of rotatable bonds is 9. The van der Waals surface area contributed by atoms with E-state index in [0.717, 1.165) is 61.3 Å². The average molecular weight is 425 g/mol. The molecule has 5 nitrogen and oxygen atoms in total. The van der Waals surface area contributed by atoms with Crippen molar-refractivity contribution in [3.63, 3.8) is 0 Å². The van der Waals surface area contributed by atoms with E-state index in [4.69, 9.17) is 4.74 Å². The third-order valence-electron chi connectivity index (χ3n) is 7.46. The molecule has 2 heterocycles. The molecule has 0 unspecified atom stereocenters. The normalized spacial score (nSPS) is 22.7. The second-order valence-corrected chi connectivity index (χ2v) is 9.56. The van der Waals surface area contributed by atoms with Gasteiger partial charge in [-0.1, -0.05) is 12.8 Å². The Hall–Kier alpha value is -2.14. The lowest BCUT2D eigenvalue weighted by atomic mass is 9.79. The zero-order valence-corrected chi connectivity index (χ0v) is 18.8. The standard InChI is InChI=1S/C26H36N2O3/c1-31-23-9-10-25-24(16-23)21(11-13-27-25)8-4-7-20-12-14-28(17-19-5-2-3-6-19)18-22(20)15-26(29)30/h9-11,13,16,19-20,22H,2-8,12,14-15,17-18H2,1H3,(H,29,30)/t20-,22+/m1/s1. The molecule has 2 fully saturated rings. The number of pyridine rings is 1. The first kappa shape index (κ1) is 22.1. The van der Waals surface area contributed by atoms with Crippen LogP contribution in [0.25, 0.3) is 10.9 Å². The van der Waals surface area contributed by atoms with Gasteiger partial charge < -0.3 is 14.7 Å². The van der Waals surface area contributed by atoms with E-state index in [1.165, 1.54) is 37.8 Å². The van der Waals surface area contributed by atoms with Crippen LogP contribution in [0.15, 0.2) is 30.5 Å². The Morgan fingerprint density at radius 2 is 2.03 bits per heavy atom. The Kier molecular flexibility index (Phi) is 7.44. The molecule has 1 saturated heterocycles. The van der Waals surface area contributed by atoms with E-state index in [1.54, 1.807) is 7.11 Å². The highest BCUT2D eigenvalue weighted by Gasteiger charge is 2.31. The van der Waals surface area contributed by atoms with Gasteiger partial charge in [0, 0.05) is 31.1 Å².